The zero-order valence-corrected chi connectivity index (χ0v) is 16.9. The average molecular weight is 415 g/mol. The molecule has 0 fully saturated rings. The lowest BCUT2D eigenvalue weighted by Gasteiger charge is -2.23. The molecule has 0 aliphatic heterocycles. The van der Waals surface area contributed by atoms with E-state index in [1.807, 2.05) is 0 Å². The molecule has 1 aromatic heterocycles. The number of phenols is 1. The molecular weight excluding hydrogens is 393 g/mol. The van der Waals surface area contributed by atoms with Crippen LogP contribution >= 0.6 is 0 Å². The summed E-state index contributed by atoms with van der Waals surface area (Å²) in [6.07, 6.45) is -0.0181. The third-order valence-corrected chi connectivity index (χ3v) is 4.79. The number of alkyl halides is 1. The molecule has 2 atom stereocenters. The second kappa shape index (κ2) is 8.02. The molecule has 1 amide bonds. The van der Waals surface area contributed by atoms with Crippen molar-refractivity contribution in [1.82, 2.24) is 4.90 Å². The third kappa shape index (κ3) is 3.66. The number of furan rings is 1. The van der Waals surface area contributed by atoms with Gasteiger partial charge in [0.1, 0.15) is 29.3 Å². The van der Waals surface area contributed by atoms with Crippen molar-refractivity contribution in [2.45, 2.75) is 26.1 Å². The van der Waals surface area contributed by atoms with Gasteiger partial charge in [-0.1, -0.05) is 6.07 Å². The topological polar surface area (TPSA) is 112 Å². The number of aromatic hydroxyl groups is 1. The van der Waals surface area contributed by atoms with Crippen LogP contribution in [0.15, 0.2) is 44.5 Å². The largest absolute Gasteiger partial charge is 0.505 e. The Labute approximate surface area is 171 Å². The highest BCUT2D eigenvalue weighted by Crippen LogP contribution is 2.34. The lowest BCUT2D eigenvalue weighted by Crippen LogP contribution is -2.38. The molecule has 1 heterocycles. The molecular formula is C21H22FN3O5. The molecule has 0 radical (unpaired) electrons. The highest BCUT2D eigenvalue weighted by Gasteiger charge is 2.30. The summed E-state index contributed by atoms with van der Waals surface area (Å²) in [4.78, 5) is 37.8. The van der Waals surface area contributed by atoms with Crippen LogP contribution in [0.2, 0.25) is 0 Å². The summed E-state index contributed by atoms with van der Waals surface area (Å²) < 4.78 is 19.6. The number of phenolic OH excluding ortho intramolecular Hbond substituents is 1. The maximum absolute atomic E-state index is 14.2. The van der Waals surface area contributed by atoms with E-state index in [4.69, 9.17) is 4.42 Å². The van der Waals surface area contributed by atoms with E-state index >= 15 is 0 Å². The van der Waals surface area contributed by atoms with Crippen LogP contribution < -0.4 is 21.5 Å². The molecule has 0 spiro atoms. The minimum absolute atomic E-state index is 0.0275. The van der Waals surface area contributed by atoms with E-state index in [1.54, 1.807) is 13.0 Å². The Balaban J connectivity index is 1.94. The number of para-hydroxylation sites is 1. The van der Waals surface area contributed by atoms with Gasteiger partial charge in [0, 0.05) is 14.1 Å². The van der Waals surface area contributed by atoms with Gasteiger partial charge in [0.25, 0.3) is 16.8 Å². The van der Waals surface area contributed by atoms with Crippen molar-refractivity contribution in [1.29, 1.82) is 0 Å². The first-order valence-electron chi connectivity index (χ1n) is 9.22. The van der Waals surface area contributed by atoms with Gasteiger partial charge in [-0.3, -0.25) is 14.4 Å². The van der Waals surface area contributed by atoms with E-state index in [2.05, 4.69) is 10.6 Å². The molecule has 8 nitrogen and oxygen atoms in total. The fourth-order valence-electron chi connectivity index (χ4n) is 3.09. The SMILES string of the molecule is Cc1ccoc1[C@H](Nc1c(Nc2cccc(C(=O)N(C)C)c2O)c(=O)c1=O)C(C)F. The number of aryl methyl sites for hydroxylation is 1. The normalized spacial score (nSPS) is 13.1. The second-order valence-electron chi connectivity index (χ2n) is 7.20. The number of halogens is 1. The molecule has 3 aromatic rings. The Bertz CT molecular complexity index is 1160. The fraction of sp³-hybridized carbons (Fsp3) is 0.286. The highest BCUT2D eigenvalue weighted by atomic mass is 19.1. The van der Waals surface area contributed by atoms with Crippen molar-refractivity contribution in [2.24, 2.45) is 0 Å². The number of amides is 1. The van der Waals surface area contributed by atoms with Crippen LogP contribution in [0, 0.1) is 6.92 Å². The summed E-state index contributed by atoms with van der Waals surface area (Å²) in [7, 11) is 3.07. The number of benzene rings is 1. The van der Waals surface area contributed by atoms with Crippen molar-refractivity contribution < 1.29 is 18.7 Å². The monoisotopic (exact) mass is 415 g/mol. The first-order valence-corrected chi connectivity index (χ1v) is 9.22. The van der Waals surface area contributed by atoms with Crippen LogP contribution in [0.25, 0.3) is 0 Å². The Morgan fingerprint density at radius 2 is 1.83 bits per heavy atom. The molecule has 0 saturated carbocycles. The number of anilines is 3. The molecule has 3 rings (SSSR count). The van der Waals surface area contributed by atoms with Crippen LogP contribution in [-0.2, 0) is 0 Å². The highest BCUT2D eigenvalue weighted by molar-refractivity contribution is 5.99. The lowest BCUT2D eigenvalue weighted by molar-refractivity contribution is 0.0824. The van der Waals surface area contributed by atoms with Gasteiger partial charge in [0.05, 0.1) is 17.5 Å². The van der Waals surface area contributed by atoms with Gasteiger partial charge in [-0.2, -0.15) is 0 Å². The first kappa shape index (κ1) is 21.1. The third-order valence-electron chi connectivity index (χ3n) is 4.79. The average Bonchev–Trinajstić information content (AvgIpc) is 3.12. The molecule has 0 aliphatic carbocycles. The number of hydrogen-bond acceptors (Lipinski definition) is 7. The number of nitrogens with one attached hydrogen (secondary N) is 2. The molecule has 3 N–H and O–H groups in total. The fourth-order valence-corrected chi connectivity index (χ4v) is 3.09. The van der Waals surface area contributed by atoms with E-state index in [0.29, 0.717) is 11.3 Å². The number of rotatable bonds is 7. The predicted octanol–water partition coefficient (Wildman–Crippen LogP) is 2.85. The quantitative estimate of drug-likeness (QED) is 0.402. The van der Waals surface area contributed by atoms with Gasteiger partial charge in [-0.15, -0.1) is 0 Å². The van der Waals surface area contributed by atoms with Crippen molar-refractivity contribution in [3.05, 3.63) is 67.9 Å². The summed E-state index contributed by atoms with van der Waals surface area (Å²) >= 11 is 0. The Morgan fingerprint density at radius 3 is 2.40 bits per heavy atom. The van der Waals surface area contributed by atoms with Gasteiger partial charge < -0.3 is 25.1 Å². The van der Waals surface area contributed by atoms with Crippen molar-refractivity contribution in [3.8, 4) is 5.75 Å². The van der Waals surface area contributed by atoms with Crippen LogP contribution in [-0.4, -0.2) is 36.2 Å². The summed E-state index contributed by atoms with van der Waals surface area (Å²) in [6, 6.07) is 5.09. The smallest absolute Gasteiger partial charge is 0.257 e. The van der Waals surface area contributed by atoms with E-state index in [-0.39, 0.29) is 28.4 Å². The second-order valence-corrected chi connectivity index (χ2v) is 7.20. The van der Waals surface area contributed by atoms with Gasteiger partial charge >= 0.3 is 0 Å². The van der Waals surface area contributed by atoms with E-state index < -0.39 is 29.0 Å². The first-order chi connectivity index (χ1) is 14.1. The van der Waals surface area contributed by atoms with Crippen LogP contribution in [0.4, 0.5) is 21.5 Å². The minimum atomic E-state index is -1.43. The van der Waals surface area contributed by atoms with Gasteiger partial charge in [-0.25, -0.2) is 4.39 Å². The van der Waals surface area contributed by atoms with E-state index in [1.165, 1.54) is 50.4 Å². The molecule has 0 saturated heterocycles. The van der Waals surface area contributed by atoms with Gasteiger partial charge in [-0.05, 0) is 37.6 Å². The molecule has 0 aliphatic rings. The zero-order valence-electron chi connectivity index (χ0n) is 16.9. The van der Waals surface area contributed by atoms with Crippen molar-refractivity contribution >= 4 is 23.0 Å². The number of hydrogen-bond donors (Lipinski definition) is 3. The summed E-state index contributed by atoms with van der Waals surface area (Å²) in [5.74, 6) is -0.489. The summed E-state index contributed by atoms with van der Waals surface area (Å²) in [5.41, 5.74) is -1.09. The number of nitrogens with zero attached hydrogens (tertiary/aromatic N) is 1. The molecule has 1 unspecified atom stereocenters. The molecule has 158 valence electrons. The lowest BCUT2D eigenvalue weighted by atomic mass is 10.0. The minimum Gasteiger partial charge on any atom is -0.505 e. The van der Waals surface area contributed by atoms with Crippen LogP contribution in [0.5, 0.6) is 5.75 Å². The molecule has 30 heavy (non-hydrogen) atoms. The number of carbonyl (C=O) groups is 1. The molecule has 0 bridgehead atoms. The van der Waals surface area contributed by atoms with E-state index in [0.717, 1.165) is 0 Å². The Morgan fingerprint density at radius 1 is 1.17 bits per heavy atom. The Hall–Kier alpha value is -3.62. The maximum atomic E-state index is 14.2. The van der Waals surface area contributed by atoms with Crippen molar-refractivity contribution in [2.75, 3.05) is 24.7 Å². The van der Waals surface area contributed by atoms with Gasteiger partial charge in [0.2, 0.25) is 0 Å². The zero-order chi connectivity index (χ0) is 22.2. The molecule has 9 heteroatoms. The van der Waals surface area contributed by atoms with Crippen LogP contribution in [0.1, 0.15) is 34.6 Å². The summed E-state index contributed by atoms with van der Waals surface area (Å²) in [5, 5.41) is 15.9. The maximum Gasteiger partial charge on any atom is 0.257 e. The standard InChI is InChI=1S/C21H22FN3O5/c1-10-8-9-30-20(10)14(11(2)22)24-16-15(18(27)19(16)28)23-13-7-5-6-12(17(13)26)21(29)25(3)4/h5-9,11,14,23-24,26H,1-4H3/t11?,14-/m1/s1. The molecule has 2 aromatic carbocycles. The number of carbonyl (C=O) groups excluding carboxylic acids is 1. The Kier molecular flexibility index (Phi) is 5.64. The predicted molar refractivity (Wildman–Crippen MR) is 111 cm³/mol. The van der Waals surface area contributed by atoms with Crippen molar-refractivity contribution in [3.63, 3.8) is 0 Å². The van der Waals surface area contributed by atoms with E-state index in [9.17, 15) is 23.9 Å². The van der Waals surface area contributed by atoms with Crippen LogP contribution in [0.3, 0.4) is 0 Å². The summed E-state index contributed by atoms with van der Waals surface area (Å²) in [6.45, 7) is 3.04. The van der Waals surface area contributed by atoms with Gasteiger partial charge in [0.15, 0.2) is 5.75 Å².